The second-order valence-corrected chi connectivity index (χ2v) is 4.34. The fourth-order valence-electron chi connectivity index (χ4n) is 1.70. The second-order valence-electron chi connectivity index (χ2n) is 4.34. The average Bonchev–Trinajstić information content (AvgIpc) is 2.46. The van der Waals surface area contributed by atoms with Gasteiger partial charge in [-0.3, -0.25) is 0 Å². The molecule has 0 bridgehead atoms. The quantitative estimate of drug-likeness (QED) is 0.461. The third-order valence-corrected chi connectivity index (χ3v) is 2.75. The molecule has 0 heterocycles. The highest BCUT2D eigenvalue weighted by atomic mass is 19.4. The molecule has 2 aromatic carbocycles. The van der Waals surface area contributed by atoms with Crippen molar-refractivity contribution in [3.63, 3.8) is 0 Å². The number of halogens is 5. The first kappa shape index (κ1) is 15.9. The Hall–Kier alpha value is -2.44. The van der Waals surface area contributed by atoms with Gasteiger partial charge in [-0.05, 0) is 23.8 Å². The van der Waals surface area contributed by atoms with Crippen molar-refractivity contribution >= 4 is 6.21 Å². The molecule has 0 N–H and O–H groups in total. The lowest BCUT2D eigenvalue weighted by Gasteiger charge is -2.09. The Morgan fingerprint density at radius 3 is 2.41 bits per heavy atom. The molecule has 0 spiro atoms. The molecule has 2 nitrogen and oxygen atoms in total. The zero-order valence-electron chi connectivity index (χ0n) is 11.1. The van der Waals surface area contributed by atoms with Crippen LogP contribution in [0.4, 0.5) is 22.0 Å². The number of hydrogen-bond donors (Lipinski definition) is 0. The number of benzene rings is 2. The van der Waals surface area contributed by atoms with Gasteiger partial charge in [-0.15, -0.1) is 0 Å². The van der Waals surface area contributed by atoms with E-state index in [4.69, 9.17) is 4.84 Å². The van der Waals surface area contributed by atoms with Gasteiger partial charge in [0.1, 0.15) is 6.61 Å². The minimum absolute atomic E-state index is 0.153. The van der Waals surface area contributed by atoms with Crippen LogP contribution in [-0.4, -0.2) is 6.21 Å². The molecule has 116 valence electrons. The van der Waals surface area contributed by atoms with Gasteiger partial charge in [-0.1, -0.05) is 29.4 Å². The molecular weight excluding hydrogens is 305 g/mol. The van der Waals surface area contributed by atoms with E-state index >= 15 is 0 Å². The van der Waals surface area contributed by atoms with Crippen LogP contribution < -0.4 is 0 Å². The molecular formula is C15H10F5NO. The molecule has 0 amide bonds. The first-order valence-corrected chi connectivity index (χ1v) is 6.13. The molecule has 0 radical (unpaired) electrons. The number of rotatable bonds is 4. The van der Waals surface area contributed by atoms with Crippen LogP contribution in [0.2, 0.25) is 0 Å². The molecule has 0 aromatic heterocycles. The van der Waals surface area contributed by atoms with Crippen molar-refractivity contribution in [3.8, 4) is 0 Å². The molecule has 0 aliphatic rings. The summed E-state index contributed by atoms with van der Waals surface area (Å²) in [5.41, 5.74) is -0.685. The Bertz CT molecular complexity index is 682. The lowest BCUT2D eigenvalue weighted by molar-refractivity contribution is -0.137. The Morgan fingerprint density at radius 2 is 1.73 bits per heavy atom. The highest BCUT2D eigenvalue weighted by Gasteiger charge is 2.32. The van der Waals surface area contributed by atoms with E-state index < -0.39 is 23.4 Å². The highest BCUT2D eigenvalue weighted by Crippen LogP contribution is 2.31. The van der Waals surface area contributed by atoms with Crippen molar-refractivity contribution in [2.45, 2.75) is 12.8 Å². The van der Waals surface area contributed by atoms with Crippen LogP contribution in [0.25, 0.3) is 0 Å². The van der Waals surface area contributed by atoms with Gasteiger partial charge in [0, 0.05) is 5.56 Å². The Labute approximate surface area is 122 Å². The van der Waals surface area contributed by atoms with E-state index in [2.05, 4.69) is 5.16 Å². The van der Waals surface area contributed by atoms with Crippen LogP contribution in [0.1, 0.15) is 16.7 Å². The van der Waals surface area contributed by atoms with Gasteiger partial charge >= 0.3 is 6.18 Å². The molecule has 0 aliphatic carbocycles. The fourth-order valence-corrected chi connectivity index (χ4v) is 1.70. The fraction of sp³-hybridized carbons (Fsp3) is 0.133. The van der Waals surface area contributed by atoms with Gasteiger partial charge in [0.05, 0.1) is 11.8 Å². The molecule has 0 atom stereocenters. The van der Waals surface area contributed by atoms with Crippen molar-refractivity contribution in [2.24, 2.45) is 5.16 Å². The third-order valence-electron chi connectivity index (χ3n) is 2.75. The molecule has 2 aromatic rings. The van der Waals surface area contributed by atoms with E-state index in [0.717, 1.165) is 24.4 Å². The molecule has 2 rings (SSSR count). The van der Waals surface area contributed by atoms with Gasteiger partial charge in [0.25, 0.3) is 0 Å². The number of hydrogen-bond acceptors (Lipinski definition) is 2. The number of oxime groups is 1. The van der Waals surface area contributed by atoms with Crippen LogP contribution in [0.15, 0.2) is 47.6 Å². The van der Waals surface area contributed by atoms with E-state index in [-0.39, 0.29) is 12.2 Å². The van der Waals surface area contributed by atoms with Crippen molar-refractivity contribution < 1.29 is 26.8 Å². The Morgan fingerprint density at radius 1 is 1.00 bits per heavy atom. The van der Waals surface area contributed by atoms with E-state index in [1.165, 1.54) is 24.3 Å². The lowest BCUT2D eigenvalue weighted by Crippen LogP contribution is -2.08. The smallest absolute Gasteiger partial charge is 0.391 e. The predicted molar refractivity (Wildman–Crippen MR) is 70.2 cm³/mol. The zero-order valence-corrected chi connectivity index (χ0v) is 11.1. The SMILES string of the molecule is Fc1ccc(CON=Cc2ccccc2C(F)(F)F)cc1F. The van der Waals surface area contributed by atoms with E-state index in [1.807, 2.05) is 0 Å². The average molecular weight is 315 g/mol. The maximum absolute atomic E-state index is 12.9. The summed E-state index contributed by atoms with van der Waals surface area (Å²) in [5, 5.41) is 3.42. The minimum atomic E-state index is -4.50. The topological polar surface area (TPSA) is 21.6 Å². The number of nitrogens with zero attached hydrogens (tertiary/aromatic N) is 1. The highest BCUT2D eigenvalue weighted by molar-refractivity contribution is 5.81. The minimum Gasteiger partial charge on any atom is -0.391 e. The lowest BCUT2D eigenvalue weighted by atomic mass is 10.1. The zero-order chi connectivity index (χ0) is 16.2. The number of alkyl halides is 3. The van der Waals surface area contributed by atoms with Gasteiger partial charge in [0.15, 0.2) is 11.6 Å². The largest absolute Gasteiger partial charge is 0.417 e. The second kappa shape index (κ2) is 6.55. The maximum Gasteiger partial charge on any atom is 0.417 e. The summed E-state index contributed by atoms with van der Waals surface area (Å²) in [6, 6.07) is 8.01. The molecule has 0 unspecified atom stereocenters. The standard InChI is InChI=1S/C15H10F5NO/c16-13-6-5-10(7-14(13)17)9-22-21-8-11-3-1-2-4-12(11)15(18,19)20/h1-8H,9H2. The monoisotopic (exact) mass is 315 g/mol. The molecule has 0 aliphatic heterocycles. The van der Waals surface area contributed by atoms with E-state index in [0.29, 0.717) is 5.56 Å². The van der Waals surface area contributed by atoms with Crippen LogP contribution in [0, 0.1) is 11.6 Å². The summed E-state index contributed by atoms with van der Waals surface area (Å²) in [5.74, 6) is -2.03. The van der Waals surface area contributed by atoms with Gasteiger partial charge in [-0.2, -0.15) is 13.2 Å². The van der Waals surface area contributed by atoms with Gasteiger partial charge in [-0.25, -0.2) is 8.78 Å². The van der Waals surface area contributed by atoms with Crippen LogP contribution in [0.3, 0.4) is 0 Å². The van der Waals surface area contributed by atoms with Crippen molar-refractivity contribution in [1.82, 2.24) is 0 Å². The Balaban J connectivity index is 2.03. The van der Waals surface area contributed by atoms with E-state index in [9.17, 15) is 22.0 Å². The van der Waals surface area contributed by atoms with Crippen molar-refractivity contribution in [3.05, 3.63) is 70.8 Å². The first-order chi connectivity index (χ1) is 10.4. The van der Waals surface area contributed by atoms with Gasteiger partial charge in [0.2, 0.25) is 0 Å². The molecule has 0 saturated heterocycles. The van der Waals surface area contributed by atoms with Crippen LogP contribution >= 0.6 is 0 Å². The Kier molecular flexibility index (Phi) is 4.75. The van der Waals surface area contributed by atoms with Crippen molar-refractivity contribution in [2.75, 3.05) is 0 Å². The summed E-state index contributed by atoms with van der Waals surface area (Å²) in [4.78, 5) is 4.80. The summed E-state index contributed by atoms with van der Waals surface area (Å²) >= 11 is 0. The van der Waals surface area contributed by atoms with Gasteiger partial charge < -0.3 is 4.84 Å². The molecule has 0 fully saturated rings. The maximum atomic E-state index is 12.9. The molecule has 22 heavy (non-hydrogen) atoms. The third kappa shape index (κ3) is 4.03. The molecule has 7 heteroatoms. The van der Waals surface area contributed by atoms with Crippen LogP contribution in [0.5, 0.6) is 0 Å². The summed E-state index contributed by atoms with van der Waals surface area (Å²) in [7, 11) is 0. The van der Waals surface area contributed by atoms with Crippen molar-refractivity contribution in [1.29, 1.82) is 0 Å². The summed E-state index contributed by atoms with van der Waals surface area (Å²) in [6.07, 6.45) is -3.58. The first-order valence-electron chi connectivity index (χ1n) is 6.13. The van der Waals surface area contributed by atoms with E-state index in [1.54, 1.807) is 0 Å². The normalized spacial score (nSPS) is 11.9. The molecule has 0 saturated carbocycles. The summed E-state index contributed by atoms with van der Waals surface area (Å²) < 4.78 is 63.8. The van der Waals surface area contributed by atoms with Crippen LogP contribution in [-0.2, 0) is 17.6 Å². The predicted octanol–water partition coefficient (Wildman–Crippen LogP) is 4.53. The summed E-state index contributed by atoms with van der Waals surface area (Å²) in [6.45, 7) is -0.193.